The SMILES string of the molecule is COc1cc(CCC(=O)NCCc2ccc(N)cc2)cc(OC)c1.Cl. The van der Waals surface area contributed by atoms with Crippen LogP contribution in [0.5, 0.6) is 11.5 Å². The third-order valence-electron chi connectivity index (χ3n) is 3.77. The quantitative estimate of drug-likeness (QED) is 0.706. The zero-order valence-corrected chi connectivity index (χ0v) is 15.4. The Morgan fingerprint density at radius 2 is 1.56 bits per heavy atom. The lowest BCUT2D eigenvalue weighted by molar-refractivity contribution is -0.121. The molecule has 0 radical (unpaired) electrons. The maximum Gasteiger partial charge on any atom is 0.220 e. The Bertz CT molecular complexity index is 653. The first-order valence-corrected chi connectivity index (χ1v) is 7.94. The number of hydrogen-bond acceptors (Lipinski definition) is 4. The first-order chi connectivity index (χ1) is 11.6. The fourth-order valence-electron chi connectivity index (χ4n) is 2.39. The predicted octanol–water partition coefficient (Wildman–Crippen LogP) is 3.00. The number of amides is 1. The molecule has 0 saturated heterocycles. The summed E-state index contributed by atoms with van der Waals surface area (Å²) >= 11 is 0. The molecule has 2 rings (SSSR count). The lowest BCUT2D eigenvalue weighted by Gasteiger charge is -2.09. The third kappa shape index (κ3) is 6.93. The number of nitrogens with one attached hydrogen (secondary N) is 1. The molecule has 6 heteroatoms. The lowest BCUT2D eigenvalue weighted by atomic mass is 10.1. The number of aryl methyl sites for hydroxylation is 1. The number of carbonyl (C=O) groups excluding carboxylic acids is 1. The molecule has 0 unspecified atom stereocenters. The van der Waals surface area contributed by atoms with E-state index in [1.165, 1.54) is 0 Å². The number of halogens is 1. The van der Waals surface area contributed by atoms with E-state index in [0.29, 0.717) is 19.4 Å². The highest BCUT2D eigenvalue weighted by atomic mass is 35.5. The zero-order valence-electron chi connectivity index (χ0n) is 14.6. The largest absolute Gasteiger partial charge is 0.497 e. The van der Waals surface area contributed by atoms with Gasteiger partial charge in [-0.1, -0.05) is 12.1 Å². The minimum Gasteiger partial charge on any atom is -0.497 e. The van der Waals surface area contributed by atoms with Gasteiger partial charge in [-0.25, -0.2) is 0 Å². The number of benzene rings is 2. The fourth-order valence-corrected chi connectivity index (χ4v) is 2.39. The monoisotopic (exact) mass is 364 g/mol. The van der Waals surface area contributed by atoms with Crippen LogP contribution in [0.25, 0.3) is 0 Å². The van der Waals surface area contributed by atoms with E-state index < -0.39 is 0 Å². The summed E-state index contributed by atoms with van der Waals surface area (Å²) in [5.74, 6) is 1.49. The third-order valence-corrected chi connectivity index (χ3v) is 3.77. The summed E-state index contributed by atoms with van der Waals surface area (Å²) in [6.45, 7) is 0.615. The molecule has 0 bridgehead atoms. The Labute approximate surface area is 154 Å². The molecule has 2 aromatic carbocycles. The average Bonchev–Trinajstić information content (AvgIpc) is 2.61. The van der Waals surface area contributed by atoms with Gasteiger partial charge in [0.2, 0.25) is 5.91 Å². The van der Waals surface area contributed by atoms with Gasteiger partial charge >= 0.3 is 0 Å². The number of ether oxygens (including phenoxy) is 2. The van der Waals surface area contributed by atoms with Gasteiger partial charge < -0.3 is 20.5 Å². The molecule has 0 aliphatic carbocycles. The van der Waals surface area contributed by atoms with Crippen LogP contribution in [0.4, 0.5) is 5.69 Å². The van der Waals surface area contributed by atoms with Crippen LogP contribution in [0.15, 0.2) is 42.5 Å². The van der Waals surface area contributed by atoms with Crippen molar-refractivity contribution in [2.45, 2.75) is 19.3 Å². The molecule has 0 atom stereocenters. The van der Waals surface area contributed by atoms with Crippen LogP contribution < -0.4 is 20.5 Å². The molecule has 0 fully saturated rings. The molecule has 2 aromatic rings. The van der Waals surface area contributed by atoms with E-state index in [2.05, 4.69) is 5.32 Å². The smallest absolute Gasteiger partial charge is 0.220 e. The molecule has 0 saturated carbocycles. The first-order valence-electron chi connectivity index (χ1n) is 7.94. The highest BCUT2D eigenvalue weighted by molar-refractivity contribution is 5.85. The number of nitrogen functional groups attached to an aromatic ring is 1. The van der Waals surface area contributed by atoms with Gasteiger partial charge in [-0.3, -0.25) is 4.79 Å². The van der Waals surface area contributed by atoms with E-state index in [-0.39, 0.29) is 18.3 Å². The molecule has 5 nitrogen and oxygen atoms in total. The van der Waals surface area contributed by atoms with Crippen molar-refractivity contribution in [1.82, 2.24) is 5.32 Å². The number of anilines is 1. The van der Waals surface area contributed by atoms with Gasteiger partial charge in [-0.05, 0) is 48.2 Å². The molecule has 1 amide bonds. The van der Waals surface area contributed by atoms with E-state index in [1.807, 2.05) is 42.5 Å². The fraction of sp³-hybridized carbons (Fsp3) is 0.316. The summed E-state index contributed by atoms with van der Waals surface area (Å²) in [6.07, 6.45) is 1.86. The van der Waals surface area contributed by atoms with Crippen LogP contribution in [0.2, 0.25) is 0 Å². The Balaban J connectivity index is 0.00000312. The molecule has 0 aromatic heterocycles. The van der Waals surface area contributed by atoms with Gasteiger partial charge in [-0.2, -0.15) is 0 Å². The molecular weight excluding hydrogens is 340 g/mol. The number of rotatable bonds is 8. The van der Waals surface area contributed by atoms with Crippen molar-refractivity contribution in [1.29, 1.82) is 0 Å². The van der Waals surface area contributed by atoms with Crippen LogP contribution >= 0.6 is 12.4 Å². The summed E-state index contributed by atoms with van der Waals surface area (Å²) < 4.78 is 10.5. The normalized spacial score (nSPS) is 9.84. The molecule has 136 valence electrons. The van der Waals surface area contributed by atoms with Crippen molar-refractivity contribution in [2.24, 2.45) is 0 Å². The summed E-state index contributed by atoms with van der Waals surface area (Å²) in [5, 5.41) is 2.94. The van der Waals surface area contributed by atoms with Crippen LogP contribution in [0.3, 0.4) is 0 Å². The second-order valence-electron chi connectivity index (χ2n) is 5.56. The van der Waals surface area contributed by atoms with Gasteiger partial charge in [0.15, 0.2) is 0 Å². The maximum atomic E-state index is 12.0. The standard InChI is InChI=1S/C19H24N2O3.ClH/c1-23-17-11-15(12-18(13-17)24-2)5-8-19(22)21-10-9-14-3-6-16(20)7-4-14;/h3-4,6-7,11-13H,5,8-10,20H2,1-2H3,(H,21,22);1H. The number of hydrogen-bond donors (Lipinski definition) is 2. The highest BCUT2D eigenvalue weighted by Gasteiger charge is 2.06. The molecule has 3 N–H and O–H groups in total. The van der Waals surface area contributed by atoms with Crippen LogP contribution in [-0.2, 0) is 17.6 Å². The van der Waals surface area contributed by atoms with Crippen molar-refractivity contribution >= 4 is 24.0 Å². The minimum absolute atomic E-state index is 0. The number of carbonyl (C=O) groups is 1. The van der Waals surface area contributed by atoms with Gasteiger partial charge in [-0.15, -0.1) is 12.4 Å². The van der Waals surface area contributed by atoms with E-state index in [4.69, 9.17) is 15.2 Å². The predicted molar refractivity (Wildman–Crippen MR) is 103 cm³/mol. The van der Waals surface area contributed by atoms with Gasteiger partial charge in [0.1, 0.15) is 11.5 Å². The molecule has 0 heterocycles. The van der Waals surface area contributed by atoms with Crippen molar-refractivity contribution in [2.75, 3.05) is 26.5 Å². The number of nitrogens with two attached hydrogens (primary N) is 1. The Hall–Kier alpha value is -2.40. The van der Waals surface area contributed by atoms with Gasteiger partial charge in [0.25, 0.3) is 0 Å². The van der Waals surface area contributed by atoms with E-state index in [9.17, 15) is 4.79 Å². The second kappa shape index (κ2) is 10.5. The van der Waals surface area contributed by atoms with Crippen molar-refractivity contribution in [3.8, 4) is 11.5 Å². The molecule has 0 aliphatic heterocycles. The van der Waals surface area contributed by atoms with Crippen LogP contribution in [-0.4, -0.2) is 26.7 Å². The van der Waals surface area contributed by atoms with Crippen molar-refractivity contribution in [3.05, 3.63) is 53.6 Å². The van der Waals surface area contributed by atoms with Crippen LogP contribution in [0, 0.1) is 0 Å². The van der Waals surface area contributed by atoms with Gasteiger partial charge in [0, 0.05) is 24.7 Å². The molecule has 25 heavy (non-hydrogen) atoms. The van der Waals surface area contributed by atoms with E-state index in [1.54, 1.807) is 14.2 Å². The zero-order chi connectivity index (χ0) is 17.4. The Kier molecular flexibility index (Phi) is 8.64. The van der Waals surface area contributed by atoms with Gasteiger partial charge in [0.05, 0.1) is 14.2 Å². The molecular formula is C19H25ClN2O3. The van der Waals surface area contributed by atoms with Crippen molar-refractivity contribution in [3.63, 3.8) is 0 Å². The minimum atomic E-state index is 0. The van der Waals surface area contributed by atoms with E-state index in [0.717, 1.165) is 34.7 Å². The first kappa shape index (κ1) is 20.6. The average molecular weight is 365 g/mol. The summed E-state index contributed by atoms with van der Waals surface area (Å²) in [4.78, 5) is 12.0. The summed E-state index contributed by atoms with van der Waals surface area (Å²) in [6, 6.07) is 13.3. The molecule has 0 aliphatic rings. The second-order valence-corrected chi connectivity index (χ2v) is 5.56. The number of methoxy groups -OCH3 is 2. The summed E-state index contributed by atoms with van der Waals surface area (Å²) in [5.41, 5.74) is 8.57. The van der Waals surface area contributed by atoms with Crippen LogP contribution in [0.1, 0.15) is 17.5 Å². The summed E-state index contributed by atoms with van der Waals surface area (Å²) in [7, 11) is 3.23. The maximum absolute atomic E-state index is 12.0. The highest BCUT2D eigenvalue weighted by Crippen LogP contribution is 2.23. The molecule has 0 spiro atoms. The van der Waals surface area contributed by atoms with E-state index >= 15 is 0 Å². The topological polar surface area (TPSA) is 73.6 Å². The lowest BCUT2D eigenvalue weighted by Crippen LogP contribution is -2.25. The van der Waals surface area contributed by atoms with Crippen molar-refractivity contribution < 1.29 is 14.3 Å². The Morgan fingerprint density at radius 1 is 0.960 bits per heavy atom. The Morgan fingerprint density at radius 3 is 2.12 bits per heavy atom.